The minimum atomic E-state index is -0.348. The molecule has 18 heavy (non-hydrogen) atoms. The van der Waals surface area contributed by atoms with Crippen molar-refractivity contribution < 1.29 is 9.47 Å². The molecule has 1 aliphatic heterocycles. The molecule has 0 N–H and O–H groups in total. The zero-order chi connectivity index (χ0) is 13.3. The van der Waals surface area contributed by atoms with Crippen LogP contribution in [0.25, 0.3) is 0 Å². The lowest BCUT2D eigenvalue weighted by Crippen LogP contribution is -2.45. The second-order valence-electron chi connectivity index (χ2n) is 5.95. The molecule has 3 heteroatoms. The predicted octanol–water partition coefficient (Wildman–Crippen LogP) is 4.44. The minimum Gasteiger partial charge on any atom is -0.348 e. The molecule has 0 saturated carbocycles. The maximum Gasteiger partial charge on any atom is 0.185 e. The van der Waals surface area contributed by atoms with E-state index in [1.165, 1.54) is 0 Å². The summed E-state index contributed by atoms with van der Waals surface area (Å²) in [6.07, 6.45) is -0.174. The molecule has 0 aliphatic carbocycles. The fraction of sp³-hybridized carbons (Fsp3) is 0.600. The number of hydrogen-bond donors (Lipinski definition) is 0. The first kappa shape index (κ1) is 13.9. The number of hydrogen-bond acceptors (Lipinski definition) is 2. The molecule has 0 radical (unpaired) electrons. The van der Waals surface area contributed by atoms with Gasteiger partial charge in [-0.1, -0.05) is 57.5 Å². The van der Waals surface area contributed by atoms with Gasteiger partial charge in [-0.05, 0) is 12.0 Å². The van der Waals surface area contributed by atoms with Crippen LogP contribution in [-0.4, -0.2) is 12.7 Å². The molecule has 1 heterocycles. The van der Waals surface area contributed by atoms with Crippen LogP contribution in [0.2, 0.25) is 5.02 Å². The summed E-state index contributed by atoms with van der Waals surface area (Å²) >= 11 is 6.20. The summed E-state index contributed by atoms with van der Waals surface area (Å²) in [5.41, 5.74) is 0.951. The lowest BCUT2D eigenvalue weighted by atomic mass is 9.80. The second kappa shape index (κ2) is 5.20. The van der Waals surface area contributed by atoms with E-state index in [0.29, 0.717) is 17.5 Å². The van der Waals surface area contributed by atoms with Crippen LogP contribution in [0.5, 0.6) is 0 Å². The lowest BCUT2D eigenvalue weighted by molar-refractivity contribution is -0.274. The summed E-state index contributed by atoms with van der Waals surface area (Å²) in [7, 11) is 0. The minimum absolute atomic E-state index is 0.0337. The summed E-state index contributed by atoms with van der Waals surface area (Å²) in [6.45, 7) is 9.41. The van der Waals surface area contributed by atoms with Crippen LogP contribution in [0.3, 0.4) is 0 Å². The van der Waals surface area contributed by atoms with Gasteiger partial charge < -0.3 is 9.47 Å². The second-order valence-corrected chi connectivity index (χ2v) is 6.36. The Morgan fingerprint density at radius 3 is 2.56 bits per heavy atom. The summed E-state index contributed by atoms with van der Waals surface area (Å²) in [5, 5.41) is 0.699. The van der Waals surface area contributed by atoms with Crippen molar-refractivity contribution in [1.29, 1.82) is 0 Å². The Bertz CT molecular complexity index is 415. The van der Waals surface area contributed by atoms with Gasteiger partial charge in [0.05, 0.1) is 12.7 Å². The summed E-state index contributed by atoms with van der Waals surface area (Å²) in [4.78, 5) is 0. The third kappa shape index (κ3) is 2.71. The van der Waals surface area contributed by atoms with Crippen LogP contribution in [-0.2, 0) is 9.47 Å². The van der Waals surface area contributed by atoms with Crippen LogP contribution in [0.4, 0.5) is 0 Å². The molecule has 1 aromatic carbocycles. The first-order valence-corrected chi connectivity index (χ1v) is 6.81. The Labute approximate surface area is 114 Å². The van der Waals surface area contributed by atoms with Crippen LogP contribution >= 0.6 is 11.6 Å². The first-order valence-electron chi connectivity index (χ1n) is 6.43. The predicted molar refractivity (Wildman–Crippen MR) is 73.6 cm³/mol. The molecule has 0 amide bonds. The highest BCUT2D eigenvalue weighted by Gasteiger charge is 2.40. The maximum absolute atomic E-state index is 6.20. The van der Waals surface area contributed by atoms with Crippen molar-refractivity contribution in [2.75, 3.05) is 6.61 Å². The van der Waals surface area contributed by atoms with Gasteiger partial charge in [-0.2, -0.15) is 0 Å². The van der Waals surface area contributed by atoms with Crippen molar-refractivity contribution in [3.63, 3.8) is 0 Å². The molecule has 0 spiro atoms. The van der Waals surface area contributed by atoms with Gasteiger partial charge in [0.25, 0.3) is 0 Å². The molecular formula is C15H21ClO2. The summed E-state index contributed by atoms with van der Waals surface area (Å²) in [6, 6.07) is 7.70. The molecule has 2 rings (SSSR count). The van der Waals surface area contributed by atoms with E-state index in [4.69, 9.17) is 21.1 Å². The maximum atomic E-state index is 6.20. The van der Waals surface area contributed by atoms with Gasteiger partial charge in [-0.3, -0.25) is 0 Å². The fourth-order valence-electron chi connectivity index (χ4n) is 2.62. The lowest BCUT2D eigenvalue weighted by Gasteiger charge is -2.44. The van der Waals surface area contributed by atoms with Gasteiger partial charge >= 0.3 is 0 Å². The van der Waals surface area contributed by atoms with Gasteiger partial charge in [-0.25, -0.2) is 0 Å². The molecule has 0 unspecified atom stereocenters. The Morgan fingerprint density at radius 1 is 1.28 bits per heavy atom. The van der Waals surface area contributed by atoms with Crippen LogP contribution in [0.15, 0.2) is 24.3 Å². The quantitative estimate of drug-likeness (QED) is 0.790. The van der Waals surface area contributed by atoms with Crippen LogP contribution < -0.4 is 0 Å². The Hall–Kier alpha value is -0.570. The zero-order valence-electron chi connectivity index (χ0n) is 11.4. The average Bonchev–Trinajstić information content (AvgIpc) is 2.29. The van der Waals surface area contributed by atoms with Gasteiger partial charge in [0, 0.05) is 16.0 Å². The Morgan fingerprint density at radius 2 is 1.94 bits per heavy atom. The summed E-state index contributed by atoms with van der Waals surface area (Å²) in [5.74, 6) is 0.453. The van der Waals surface area contributed by atoms with Gasteiger partial charge in [0.1, 0.15) is 0 Å². The van der Waals surface area contributed by atoms with Crippen molar-refractivity contribution in [2.24, 2.45) is 11.3 Å². The highest BCUT2D eigenvalue weighted by molar-refractivity contribution is 6.31. The zero-order valence-corrected chi connectivity index (χ0v) is 12.2. The van der Waals surface area contributed by atoms with Crippen molar-refractivity contribution in [3.05, 3.63) is 34.9 Å². The highest BCUT2D eigenvalue weighted by Crippen LogP contribution is 2.40. The highest BCUT2D eigenvalue weighted by atomic mass is 35.5. The van der Waals surface area contributed by atoms with E-state index in [9.17, 15) is 0 Å². The molecule has 2 atom stereocenters. The SMILES string of the molecule is CC(C)[C@@H]1O[C@@H](c2ccccc2Cl)OCC1(C)C. The van der Waals surface area contributed by atoms with E-state index in [0.717, 1.165) is 5.56 Å². The molecule has 0 bridgehead atoms. The van der Waals surface area contributed by atoms with Crippen molar-refractivity contribution in [2.45, 2.75) is 40.1 Å². The number of ether oxygens (including phenoxy) is 2. The molecule has 2 nitrogen and oxygen atoms in total. The molecule has 1 aliphatic rings. The Kier molecular flexibility index (Phi) is 4.00. The number of halogens is 1. The fourth-order valence-corrected chi connectivity index (χ4v) is 2.84. The van der Waals surface area contributed by atoms with Crippen molar-refractivity contribution >= 4 is 11.6 Å². The third-order valence-electron chi connectivity index (χ3n) is 3.41. The van der Waals surface area contributed by atoms with Crippen molar-refractivity contribution in [3.8, 4) is 0 Å². The van der Waals surface area contributed by atoms with E-state index >= 15 is 0 Å². The molecular weight excluding hydrogens is 248 g/mol. The largest absolute Gasteiger partial charge is 0.348 e. The third-order valence-corrected chi connectivity index (χ3v) is 3.76. The normalized spacial score (nSPS) is 27.4. The summed E-state index contributed by atoms with van der Waals surface area (Å²) < 4.78 is 12.0. The van der Waals surface area contributed by atoms with E-state index in [-0.39, 0.29) is 17.8 Å². The van der Waals surface area contributed by atoms with Gasteiger partial charge in [-0.15, -0.1) is 0 Å². The molecule has 1 fully saturated rings. The Balaban J connectivity index is 2.21. The topological polar surface area (TPSA) is 18.5 Å². The van der Waals surface area contributed by atoms with Crippen LogP contribution in [0, 0.1) is 11.3 Å². The van der Waals surface area contributed by atoms with E-state index in [1.807, 2.05) is 24.3 Å². The average molecular weight is 269 g/mol. The molecule has 1 saturated heterocycles. The van der Waals surface area contributed by atoms with E-state index in [2.05, 4.69) is 27.7 Å². The standard InChI is InChI=1S/C15H21ClO2/c1-10(2)13-15(3,4)9-17-14(18-13)11-7-5-6-8-12(11)16/h5-8,10,13-14H,9H2,1-4H3/t13-,14-/m0/s1. The van der Waals surface area contributed by atoms with E-state index in [1.54, 1.807) is 0 Å². The molecule has 1 aromatic rings. The smallest absolute Gasteiger partial charge is 0.185 e. The van der Waals surface area contributed by atoms with Crippen LogP contribution in [0.1, 0.15) is 39.5 Å². The van der Waals surface area contributed by atoms with Gasteiger partial charge in [0.2, 0.25) is 0 Å². The van der Waals surface area contributed by atoms with Crippen molar-refractivity contribution in [1.82, 2.24) is 0 Å². The van der Waals surface area contributed by atoms with E-state index < -0.39 is 0 Å². The van der Waals surface area contributed by atoms with Gasteiger partial charge in [0.15, 0.2) is 6.29 Å². The number of benzene rings is 1. The number of rotatable bonds is 2. The molecule has 0 aromatic heterocycles. The first-order chi connectivity index (χ1) is 8.42. The monoisotopic (exact) mass is 268 g/mol. The molecule has 100 valence electrons.